The van der Waals surface area contributed by atoms with Crippen LogP contribution in [0.1, 0.15) is 56.4 Å². The molecule has 0 aromatic heterocycles. The molecule has 2 nitrogen and oxygen atoms in total. The largest absolute Gasteiger partial charge is 0.398 e. The van der Waals surface area contributed by atoms with Crippen molar-refractivity contribution in [3.63, 3.8) is 0 Å². The van der Waals surface area contributed by atoms with Gasteiger partial charge < -0.3 is 11.5 Å². The van der Waals surface area contributed by atoms with Crippen molar-refractivity contribution in [3.05, 3.63) is 54.1 Å². The second kappa shape index (κ2) is 8.68. The average Bonchev–Trinajstić information content (AvgIpc) is 2.58. The maximum atomic E-state index is 6.49. The van der Waals surface area contributed by atoms with E-state index in [1.54, 1.807) is 0 Å². The third-order valence-electron chi connectivity index (χ3n) is 4.41. The van der Waals surface area contributed by atoms with E-state index in [1.165, 1.54) is 37.7 Å². The van der Waals surface area contributed by atoms with Gasteiger partial charge in [-0.25, -0.2) is 0 Å². The molecule has 0 spiro atoms. The van der Waals surface area contributed by atoms with Crippen molar-refractivity contribution in [3.8, 4) is 0 Å². The predicted octanol–water partition coefficient (Wildman–Crippen LogP) is 4.55. The molecule has 0 heterocycles. The first-order valence-electron chi connectivity index (χ1n) is 8.22. The van der Waals surface area contributed by atoms with Crippen molar-refractivity contribution >= 4 is 5.69 Å². The van der Waals surface area contributed by atoms with Crippen molar-refractivity contribution in [2.24, 2.45) is 5.73 Å². The normalized spacial score (nSPS) is 23.3. The zero-order valence-electron chi connectivity index (χ0n) is 12.9. The fourth-order valence-corrected chi connectivity index (χ4v) is 3.18. The average molecular weight is 284 g/mol. The van der Waals surface area contributed by atoms with Gasteiger partial charge in [-0.05, 0) is 24.5 Å². The quantitative estimate of drug-likeness (QED) is 0.795. The molecule has 0 bridgehead atoms. The maximum Gasteiger partial charge on any atom is 0.0350 e. The molecule has 0 saturated heterocycles. The highest BCUT2D eigenvalue weighted by Gasteiger charge is 2.21. The molecule has 2 unspecified atom stereocenters. The van der Waals surface area contributed by atoms with Crippen LogP contribution in [0, 0.1) is 0 Å². The SMILES string of the molecule is Nc1ccccccccc1C1CCCCCCCC1N. The molecule has 0 amide bonds. The van der Waals surface area contributed by atoms with Crippen LogP contribution in [0.4, 0.5) is 5.69 Å². The van der Waals surface area contributed by atoms with Gasteiger partial charge >= 0.3 is 0 Å². The minimum absolute atomic E-state index is 0.220. The molecule has 2 rings (SSSR count). The standard InChI is InChI=1S/C19H28N2/c20-18-14-10-6-2-1-4-8-12-16(18)17-13-9-5-3-7-11-15-19(17)21/h1-2,4,6,8,10,12,14,17,19H,3,5,7,9,11,13,15,20-21H2. The van der Waals surface area contributed by atoms with Gasteiger partial charge in [-0.15, -0.1) is 0 Å². The van der Waals surface area contributed by atoms with E-state index in [-0.39, 0.29) is 6.04 Å². The number of hydrogen-bond donors (Lipinski definition) is 2. The Labute approximate surface area is 128 Å². The summed E-state index contributed by atoms with van der Waals surface area (Å²) >= 11 is 0. The molecule has 4 N–H and O–H groups in total. The Balaban J connectivity index is 2.36. The van der Waals surface area contributed by atoms with Crippen molar-refractivity contribution in [1.29, 1.82) is 0 Å². The van der Waals surface area contributed by atoms with Gasteiger partial charge in [0, 0.05) is 17.6 Å². The second-order valence-electron chi connectivity index (χ2n) is 6.01. The first kappa shape index (κ1) is 15.8. The molecular weight excluding hydrogens is 256 g/mol. The molecule has 1 saturated carbocycles. The number of rotatable bonds is 1. The summed E-state index contributed by atoms with van der Waals surface area (Å²) in [7, 11) is 0. The minimum atomic E-state index is 0.220. The lowest BCUT2D eigenvalue weighted by atomic mass is 9.85. The molecule has 2 atom stereocenters. The van der Waals surface area contributed by atoms with Gasteiger partial charge in [-0.1, -0.05) is 74.6 Å². The summed E-state index contributed by atoms with van der Waals surface area (Å²) in [6.07, 6.45) is 8.73. The van der Waals surface area contributed by atoms with Gasteiger partial charge in [0.2, 0.25) is 0 Å². The summed E-state index contributed by atoms with van der Waals surface area (Å²) < 4.78 is 0. The van der Waals surface area contributed by atoms with E-state index in [9.17, 15) is 0 Å². The van der Waals surface area contributed by atoms with Gasteiger partial charge in [-0.2, -0.15) is 0 Å². The molecule has 1 fully saturated rings. The van der Waals surface area contributed by atoms with Gasteiger partial charge in [0.25, 0.3) is 0 Å². The van der Waals surface area contributed by atoms with E-state index < -0.39 is 0 Å². The summed E-state index contributed by atoms with van der Waals surface area (Å²) in [5.74, 6) is 0.376. The summed E-state index contributed by atoms with van der Waals surface area (Å²) in [6, 6.07) is 16.5. The third kappa shape index (κ3) is 5.05. The monoisotopic (exact) mass is 284 g/mol. The van der Waals surface area contributed by atoms with Crippen LogP contribution in [0.15, 0.2) is 48.5 Å². The Morgan fingerprint density at radius 3 is 2.05 bits per heavy atom. The fourth-order valence-electron chi connectivity index (χ4n) is 3.18. The highest BCUT2D eigenvalue weighted by atomic mass is 14.7. The molecule has 1 aromatic carbocycles. The Morgan fingerprint density at radius 1 is 0.714 bits per heavy atom. The minimum Gasteiger partial charge on any atom is -0.398 e. The van der Waals surface area contributed by atoms with E-state index in [1.807, 2.05) is 36.4 Å². The zero-order chi connectivity index (χ0) is 14.9. The van der Waals surface area contributed by atoms with E-state index >= 15 is 0 Å². The smallest absolute Gasteiger partial charge is 0.0350 e. The Kier molecular flexibility index (Phi) is 6.55. The van der Waals surface area contributed by atoms with E-state index in [4.69, 9.17) is 11.5 Å². The highest BCUT2D eigenvalue weighted by molar-refractivity contribution is 5.47. The topological polar surface area (TPSA) is 52.0 Å². The van der Waals surface area contributed by atoms with Crippen molar-refractivity contribution < 1.29 is 0 Å². The molecular formula is C19H28N2. The van der Waals surface area contributed by atoms with Crippen LogP contribution in [0.3, 0.4) is 0 Å². The van der Waals surface area contributed by atoms with Crippen LogP contribution >= 0.6 is 0 Å². The zero-order valence-corrected chi connectivity index (χ0v) is 12.9. The summed E-state index contributed by atoms with van der Waals surface area (Å²) in [5.41, 5.74) is 14.9. The molecule has 1 aromatic rings. The Hall–Kier alpha value is -1.54. The Bertz CT molecular complexity index is 483. The molecule has 21 heavy (non-hydrogen) atoms. The summed E-state index contributed by atoms with van der Waals surface area (Å²) in [4.78, 5) is 0. The number of anilines is 1. The lowest BCUT2D eigenvalue weighted by Crippen LogP contribution is -2.28. The van der Waals surface area contributed by atoms with E-state index in [0.717, 1.165) is 18.5 Å². The second-order valence-corrected chi connectivity index (χ2v) is 6.01. The lowest BCUT2D eigenvalue weighted by molar-refractivity contribution is 0.466. The molecule has 1 aliphatic rings. The fraction of sp³-hybridized carbons (Fsp3) is 0.474. The number of nitrogens with two attached hydrogens (primary N) is 2. The summed E-state index contributed by atoms with van der Waals surface area (Å²) in [6.45, 7) is 0. The Morgan fingerprint density at radius 2 is 1.29 bits per heavy atom. The van der Waals surface area contributed by atoms with Gasteiger partial charge in [0.15, 0.2) is 0 Å². The first-order valence-corrected chi connectivity index (χ1v) is 8.22. The van der Waals surface area contributed by atoms with Gasteiger partial charge in [0.1, 0.15) is 0 Å². The number of nitrogen functional groups attached to an aromatic ring is 1. The van der Waals surface area contributed by atoms with Crippen LogP contribution in [0.2, 0.25) is 0 Å². The van der Waals surface area contributed by atoms with E-state index in [0.29, 0.717) is 5.92 Å². The third-order valence-corrected chi connectivity index (χ3v) is 4.41. The summed E-state index contributed by atoms with van der Waals surface area (Å²) in [5, 5.41) is 0. The molecule has 114 valence electrons. The van der Waals surface area contributed by atoms with Gasteiger partial charge in [-0.3, -0.25) is 0 Å². The van der Waals surface area contributed by atoms with E-state index in [2.05, 4.69) is 12.1 Å². The number of hydrogen-bond acceptors (Lipinski definition) is 2. The first-order chi connectivity index (χ1) is 10.3. The lowest BCUT2D eigenvalue weighted by Gasteiger charge is -2.24. The van der Waals surface area contributed by atoms with Crippen LogP contribution < -0.4 is 11.5 Å². The van der Waals surface area contributed by atoms with Crippen molar-refractivity contribution in [2.75, 3.05) is 5.73 Å². The van der Waals surface area contributed by atoms with Crippen LogP contribution in [0.5, 0.6) is 0 Å². The maximum absolute atomic E-state index is 6.49. The molecule has 1 aliphatic carbocycles. The van der Waals surface area contributed by atoms with Crippen molar-refractivity contribution in [2.45, 2.75) is 56.9 Å². The molecule has 0 aliphatic heterocycles. The highest BCUT2D eigenvalue weighted by Crippen LogP contribution is 2.32. The van der Waals surface area contributed by atoms with Crippen LogP contribution in [-0.2, 0) is 0 Å². The molecule has 0 radical (unpaired) electrons. The van der Waals surface area contributed by atoms with Crippen LogP contribution in [0.25, 0.3) is 0 Å². The predicted molar refractivity (Wildman–Crippen MR) is 91.5 cm³/mol. The van der Waals surface area contributed by atoms with Crippen LogP contribution in [-0.4, -0.2) is 6.04 Å². The van der Waals surface area contributed by atoms with Gasteiger partial charge in [0.05, 0.1) is 0 Å². The van der Waals surface area contributed by atoms with Crippen molar-refractivity contribution in [1.82, 2.24) is 0 Å². The molecule has 2 heteroatoms.